The standard InChI is InChI=1S/C7H9N2O2P/c1-8-7(12(10)11)6-3-2-4-9-5-6/h2-5,7-8H,1H3. The first kappa shape index (κ1) is 9.26. The van der Waals surface area contributed by atoms with E-state index < -0.39 is 13.8 Å². The van der Waals surface area contributed by atoms with Gasteiger partial charge in [0, 0.05) is 18.0 Å². The Morgan fingerprint density at radius 2 is 2.50 bits per heavy atom. The maximum atomic E-state index is 10.7. The molecule has 0 saturated heterocycles. The van der Waals surface area contributed by atoms with Gasteiger partial charge < -0.3 is 4.89 Å². The van der Waals surface area contributed by atoms with Gasteiger partial charge in [0.2, 0.25) is 5.78 Å². The summed E-state index contributed by atoms with van der Waals surface area (Å²) in [5, 5.41) is 2.68. The molecule has 1 aromatic rings. The molecule has 0 amide bonds. The van der Waals surface area contributed by atoms with E-state index in [1.807, 2.05) is 0 Å². The second-order valence-electron chi connectivity index (χ2n) is 2.26. The summed E-state index contributed by atoms with van der Waals surface area (Å²) in [5.41, 5.74) is 0.663. The summed E-state index contributed by atoms with van der Waals surface area (Å²) in [6.07, 6.45) is 3.14. The third kappa shape index (κ3) is 2.08. The maximum absolute atomic E-state index is 10.7. The van der Waals surface area contributed by atoms with Gasteiger partial charge >= 0.3 is 8.03 Å². The van der Waals surface area contributed by atoms with Crippen molar-refractivity contribution in [3.63, 3.8) is 0 Å². The minimum absolute atomic E-state index is 0.631. The van der Waals surface area contributed by atoms with E-state index in [1.165, 1.54) is 6.20 Å². The molecule has 1 heterocycles. The van der Waals surface area contributed by atoms with Crippen LogP contribution in [0.15, 0.2) is 24.5 Å². The van der Waals surface area contributed by atoms with Crippen LogP contribution in [0.2, 0.25) is 0 Å². The topological polar surface area (TPSA) is 65.0 Å². The Morgan fingerprint density at radius 1 is 1.75 bits per heavy atom. The van der Waals surface area contributed by atoms with Crippen LogP contribution in [-0.2, 0) is 4.57 Å². The third-order valence-corrected chi connectivity index (χ3v) is 2.46. The number of nitrogens with zero attached hydrogens (tertiary/aromatic N) is 1. The summed E-state index contributed by atoms with van der Waals surface area (Å²) in [4.78, 5) is 14.5. The van der Waals surface area contributed by atoms with Gasteiger partial charge in [-0.15, -0.1) is 0 Å². The summed E-state index contributed by atoms with van der Waals surface area (Å²) in [7, 11) is -0.891. The highest BCUT2D eigenvalue weighted by atomic mass is 31.1. The SMILES string of the molecule is CNC(c1cccnc1)[P+](=O)[O-]. The van der Waals surface area contributed by atoms with Crippen LogP contribution in [-0.4, -0.2) is 12.0 Å². The number of pyridine rings is 1. The number of hydrogen-bond acceptors (Lipinski definition) is 4. The van der Waals surface area contributed by atoms with E-state index in [-0.39, 0.29) is 0 Å². The molecule has 0 spiro atoms. The molecule has 0 aliphatic rings. The summed E-state index contributed by atoms with van der Waals surface area (Å²) in [5.74, 6) is -0.631. The first-order chi connectivity index (χ1) is 5.75. The van der Waals surface area contributed by atoms with Gasteiger partial charge in [-0.3, -0.25) is 10.3 Å². The van der Waals surface area contributed by atoms with Gasteiger partial charge in [0.05, 0.1) is 0 Å². The van der Waals surface area contributed by atoms with Crippen LogP contribution in [0.25, 0.3) is 0 Å². The fourth-order valence-corrected chi connectivity index (χ4v) is 1.54. The highest BCUT2D eigenvalue weighted by Crippen LogP contribution is 2.30. The Labute approximate surface area is 71.5 Å². The molecule has 1 N–H and O–H groups in total. The largest absolute Gasteiger partial charge is 0.594 e. The Morgan fingerprint density at radius 3 is 2.92 bits per heavy atom. The van der Waals surface area contributed by atoms with Crippen molar-refractivity contribution >= 4 is 8.03 Å². The van der Waals surface area contributed by atoms with E-state index >= 15 is 0 Å². The summed E-state index contributed by atoms with van der Waals surface area (Å²) in [6, 6.07) is 3.43. The normalized spacial score (nSPS) is 14.0. The lowest BCUT2D eigenvalue weighted by Crippen LogP contribution is -2.16. The fourth-order valence-electron chi connectivity index (χ4n) is 0.932. The lowest BCUT2D eigenvalue weighted by atomic mass is 10.3. The molecule has 2 atom stereocenters. The van der Waals surface area contributed by atoms with E-state index in [1.54, 1.807) is 25.4 Å². The Kier molecular flexibility index (Phi) is 3.29. The molecule has 0 aromatic carbocycles. The van der Waals surface area contributed by atoms with Crippen LogP contribution in [0.4, 0.5) is 0 Å². The molecule has 12 heavy (non-hydrogen) atoms. The molecule has 0 saturated carbocycles. The predicted molar refractivity (Wildman–Crippen MR) is 43.6 cm³/mol. The van der Waals surface area contributed by atoms with Crippen molar-refractivity contribution in [2.24, 2.45) is 0 Å². The van der Waals surface area contributed by atoms with Gasteiger partial charge in [-0.05, 0) is 19.2 Å². The lowest BCUT2D eigenvalue weighted by Gasteiger charge is -2.05. The molecule has 0 radical (unpaired) electrons. The molecule has 5 heteroatoms. The molecule has 0 aliphatic heterocycles. The van der Waals surface area contributed by atoms with Gasteiger partial charge in [0.15, 0.2) is 0 Å². The molecule has 0 aliphatic carbocycles. The van der Waals surface area contributed by atoms with Crippen molar-refractivity contribution in [3.05, 3.63) is 30.1 Å². The van der Waals surface area contributed by atoms with Crippen LogP contribution >= 0.6 is 8.03 Å². The van der Waals surface area contributed by atoms with Crippen molar-refractivity contribution in [1.82, 2.24) is 10.3 Å². The second-order valence-corrected chi connectivity index (χ2v) is 3.35. The van der Waals surface area contributed by atoms with Crippen LogP contribution in [0, 0.1) is 0 Å². The number of hydrogen-bond donors (Lipinski definition) is 1. The fraction of sp³-hybridized carbons (Fsp3) is 0.286. The predicted octanol–water partition coefficient (Wildman–Crippen LogP) is 0.402. The van der Waals surface area contributed by atoms with Gasteiger partial charge in [-0.25, -0.2) is 0 Å². The molecule has 0 bridgehead atoms. The van der Waals surface area contributed by atoms with E-state index in [0.29, 0.717) is 5.56 Å². The molecule has 0 fully saturated rings. The third-order valence-electron chi connectivity index (χ3n) is 1.48. The van der Waals surface area contributed by atoms with Gasteiger partial charge in [-0.1, -0.05) is 4.57 Å². The molecule has 1 aromatic heterocycles. The minimum Gasteiger partial charge on any atom is -0.594 e. The van der Waals surface area contributed by atoms with Crippen LogP contribution in [0.5, 0.6) is 0 Å². The second kappa shape index (κ2) is 4.26. The minimum atomic E-state index is -2.49. The van der Waals surface area contributed by atoms with E-state index in [9.17, 15) is 9.46 Å². The monoisotopic (exact) mass is 184 g/mol. The van der Waals surface area contributed by atoms with Crippen molar-refractivity contribution in [1.29, 1.82) is 0 Å². The smallest absolute Gasteiger partial charge is 0.333 e. The van der Waals surface area contributed by atoms with Crippen LogP contribution in [0.3, 0.4) is 0 Å². The molecule has 64 valence electrons. The highest BCUT2D eigenvalue weighted by molar-refractivity contribution is 7.36. The number of aromatic nitrogens is 1. The molecule has 4 nitrogen and oxygen atoms in total. The van der Waals surface area contributed by atoms with E-state index in [0.717, 1.165) is 0 Å². The highest BCUT2D eigenvalue weighted by Gasteiger charge is 2.20. The zero-order valence-electron chi connectivity index (χ0n) is 6.60. The average Bonchev–Trinajstić information content (AvgIpc) is 2.07. The number of rotatable bonds is 3. The molecular weight excluding hydrogens is 175 g/mol. The van der Waals surface area contributed by atoms with Crippen molar-refractivity contribution in [3.8, 4) is 0 Å². The van der Waals surface area contributed by atoms with Crippen LogP contribution in [0.1, 0.15) is 11.3 Å². The Bertz CT molecular complexity index is 265. The first-order valence-electron chi connectivity index (χ1n) is 3.46. The Balaban J connectivity index is 2.88. The van der Waals surface area contributed by atoms with Crippen molar-refractivity contribution < 1.29 is 9.46 Å². The first-order valence-corrected chi connectivity index (χ1v) is 4.71. The maximum Gasteiger partial charge on any atom is 0.333 e. The summed E-state index contributed by atoms with van der Waals surface area (Å²) < 4.78 is 10.7. The molecule has 2 unspecified atom stereocenters. The van der Waals surface area contributed by atoms with Gasteiger partial charge in [0.1, 0.15) is 0 Å². The van der Waals surface area contributed by atoms with E-state index in [4.69, 9.17) is 0 Å². The zero-order valence-corrected chi connectivity index (χ0v) is 7.49. The van der Waals surface area contributed by atoms with E-state index in [2.05, 4.69) is 10.3 Å². The van der Waals surface area contributed by atoms with Crippen molar-refractivity contribution in [2.75, 3.05) is 7.05 Å². The average molecular weight is 184 g/mol. The summed E-state index contributed by atoms with van der Waals surface area (Å²) >= 11 is 0. The number of nitrogens with one attached hydrogen (secondary N) is 1. The quantitative estimate of drug-likeness (QED) is 0.690. The zero-order chi connectivity index (χ0) is 8.97. The lowest BCUT2D eigenvalue weighted by molar-refractivity contribution is -0.167. The summed E-state index contributed by atoms with van der Waals surface area (Å²) in [6.45, 7) is 0. The Hall–Kier alpha value is -0.830. The van der Waals surface area contributed by atoms with Gasteiger partial charge in [-0.2, -0.15) is 0 Å². The molecular formula is C7H9N2O2P. The van der Waals surface area contributed by atoms with Gasteiger partial charge in [0.25, 0.3) is 0 Å². The van der Waals surface area contributed by atoms with Crippen LogP contribution < -0.4 is 10.2 Å². The molecule has 1 rings (SSSR count). The van der Waals surface area contributed by atoms with Crippen molar-refractivity contribution in [2.45, 2.75) is 5.78 Å².